The average molecular weight is 391 g/mol. The zero-order chi connectivity index (χ0) is 19.7. The van der Waals surface area contributed by atoms with Crippen LogP contribution in [0.25, 0.3) is 15.9 Å². The molecule has 28 heavy (non-hydrogen) atoms. The van der Waals surface area contributed by atoms with Crippen LogP contribution in [0.15, 0.2) is 75.6 Å². The third-order valence-corrected chi connectivity index (χ3v) is 5.36. The van der Waals surface area contributed by atoms with Crippen molar-refractivity contribution in [2.45, 2.75) is 13.5 Å². The number of carbonyl (C=O) groups excluding carboxylic acids is 1. The number of hydrogen-bond acceptors (Lipinski definition) is 4. The molecule has 7 heteroatoms. The van der Waals surface area contributed by atoms with Crippen LogP contribution in [0.3, 0.4) is 0 Å². The number of anilines is 1. The summed E-state index contributed by atoms with van der Waals surface area (Å²) in [6.07, 6.45) is 0. The molecule has 0 bridgehead atoms. The number of aryl methyl sites for hydroxylation is 1. The SMILES string of the molecule is Cc1ccccc1-n1c(=O)c2sccc2n(CC(=O)Nc2ccccc2)c1=O. The highest BCUT2D eigenvalue weighted by Crippen LogP contribution is 2.18. The summed E-state index contributed by atoms with van der Waals surface area (Å²) in [4.78, 5) is 38.7. The van der Waals surface area contributed by atoms with E-state index in [1.165, 1.54) is 15.9 Å². The first kappa shape index (κ1) is 17.9. The lowest BCUT2D eigenvalue weighted by Gasteiger charge is -2.13. The second-order valence-corrected chi connectivity index (χ2v) is 7.26. The summed E-state index contributed by atoms with van der Waals surface area (Å²) >= 11 is 1.26. The molecule has 1 N–H and O–H groups in total. The van der Waals surface area contributed by atoms with Gasteiger partial charge in [-0.2, -0.15) is 0 Å². The largest absolute Gasteiger partial charge is 0.336 e. The smallest absolute Gasteiger partial charge is 0.325 e. The lowest BCUT2D eigenvalue weighted by molar-refractivity contribution is -0.116. The molecule has 0 fully saturated rings. The van der Waals surface area contributed by atoms with E-state index >= 15 is 0 Å². The number of nitrogens with one attached hydrogen (secondary N) is 1. The first-order chi connectivity index (χ1) is 13.6. The summed E-state index contributed by atoms with van der Waals surface area (Å²) in [6.45, 7) is 1.65. The Morgan fingerprint density at radius 1 is 1.00 bits per heavy atom. The topological polar surface area (TPSA) is 73.1 Å². The van der Waals surface area contributed by atoms with Crippen molar-refractivity contribution in [2.24, 2.45) is 0 Å². The fourth-order valence-electron chi connectivity index (χ4n) is 3.13. The van der Waals surface area contributed by atoms with Crippen molar-refractivity contribution in [1.82, 2.24) is 9.13 Å². The maximum absolute atomic E-state index is 13.2. The summed E-state index contributed by atoms with van der Waals surface area (Å²) in [7, 11) is 0. The van der Waals surface area contributed by atoms with Gasteiger partial charge in [0, 0.05) is 5.69 Å². The van der Waals surface area contributed by atoms with Crippen LogP contribution in [-0.4, -0.2) is 15.0 Å². The summed E-state index contributed by atoms with van der Waals surface area (Å²) in [6, 6.07) is 17.9. The number of fused-ring (bicyclic) bond motifs is 1. The van der Waals surface area contributed by atoms with Gasteiger partial charge in [0.15, 0.2) is 0 Å². The van der Waals surface area contributed by atoms with Gasteiger partial charge in [0.05, 0.1) is 11.2 Å². The first-order valence-corrected chi connectivity index (χ1v) is 9.58. The minimum atomic E-state index is -0.534. The summed E-state index contributed by atoms with van der Waals surface area (Å²) in [5.41, 5.74) is 1.53. The second-order valence-electron chi connectivity index (χ2n) is 6.34. The summed E-state index contributed by atoms with van der Waals surface area (Å²) in [5.74, 6) is -0.337. The molecule has 0 aliphatic carbocycles. The molecule has 140 valence electrons. The maximum atomic E-state index is 13.2. The Morgan fingerprint density at radius 2 is 1.71 bits per heavy atom. The van der Waals surface area contributed by atoms with Gasteiger partial charge in [-0.15, -0.1) is 11.3 Å². The van der Waals surface area contributed by atoms with E-state index < -0.39 is 5.69 Å². The third kappa shape index (κ3) is 3.16. The van der Waals surface area contributed by atoms with Crippen molar-refractivity contribution in [1.29, 1.82) is 0 Å². The van der Waals surface area contributed by atoms with Crippen LogP contribution in [0.4, 0.5) is 5.69 Å². The average Bonchev–Trinajstić information content (AvgIpc) is 3.17. The van der Waals surface area contributed by atoms with Crippen molar-refractivity contribution in [2.75, 3.05) is 5.32 Å². The highest BCUT2D eigenvalue weighted by Gasteiger charge is 2.18. The first-order valence-electron chi connectivity index (χ1n) is 8.70. The van der Waals surface area contributed by atoms with Gasteiger partial charge in [-0.3, -0.25) is 14.2 Å². The fourth-order valence-corrected chi connectivity index (χ4v) is 3.96. The van der Waals surface area contributed by atoms with Crippen LogP contribution in [-0.2, 0) is 11.3 Å². The molecule has 0 aliphatic rings. The normalized spacial score (nSPS) is 10.9. The molecule has 0 saturated heterocycles. The second kappa shape index (κ2) is 7.28. The van der Waals surface area contributed by atoms with Crippen LogP contribution < -0.4 is 16.6 Å². The quantitative estimate of drug-likeness (QED) is 0.581. The van der Waals surface area contributed by atoms with Crippen molar-refractivity contribution in [3.05, 3.63) is 92.4 Å². The van der Waals surface area contributed by atoms with E-state index in [1.807, 2.05) is 37.3 Å². The van der Waals surface area contributed by atoms with Crippen molar-refractivity contribution >= 4 is 33.1 Å². The molecule has 0 saturated carbocycles. The Bertz CT molecular complexity index is 1290. The van der Waals surface area contributed by atoms with Gasteiger partial charge in [-0.1, -0.05) is 36.4 Å². The van der Waals surface area contributed by atoms with E-state index in [1.54, 1.807) is 35.7 Å². The van der Waals surface area contributed by atoms with E-state index in [0.717, 1.165) is 10.1 Å². The van der Waals surface area contributed by atoms with Crippen LogP contribution in [0.5, 0.6) is 0 Å². The molecule has 4 aromatic rings. The lowest BCUT2D eigenvalue weighted by atomic mass is 10.2. The van der Waals surface area contributed by atoms with E-state index in [0.29, 0.717) is 21.6 Å². The Balaban J connectivity index is 1.84. The number of carbonyl (C=O) groups is 1. The predicted octanol–water partition coefficient (Wildman–Crippen LogP) is 3.16. The van der Waals surface area contributed by atoms with Crippen molar-refractivity contribution < 1.29 is 4.79 Å². The van der Waals surface area contributed by atoms with E-state index in [-0.39, 0.29) is 18.0 Å². The van der Waals surface area contributed by atoms with Gasteiger partial charge in [0.1, 0.15) is 11.2 Å². The van der Waals surface area contributed by atoms with Gasteiger partial charge in [0.2, 0.25) is 5.91 Å². The molecule has 1 amide bonds. The van der Waals surface area contributed by atoms with Crippen LogP contribution in [0.2, 0.25) is 0 Å². The van der Waals surface area contributed by atoms with Crippen LogP contribution in [0.1, 0.15) is 5.56 Å². The molecule has 0 spiro atoms. The van der Waals surface area contributed by atoms with Crippen molar-refractivity contribution in [3.63, 3.8) is 0 Å². The lowest BCUT2D eigenvalue weighted by Crippen LogP contribution is -2.40. The van der Waals surface area contributed by atoms with Gasteiger partial charge >= 0.3 is 5.69 Å². The number of para-hydroxylation sites is 2. The number of benzene rings is 2. The minimum absolute atomic E-state index is 0.187. The zero-order valence-corrected chi connectivity index (χ0v) is 15.9. The van der Waals surface area contributed by atoms with Crippen LogP contribution >= 0.6 is 11.3 Å². The molecule has 0 radical (unpaired) electrons. The Hall–Kier alpha value is -3.45. The standard InChI is InChI=1S/C21H17N3O3S/c1-14-7-5-6-10-16(14)24-20(26)19-17(11-12-28-19)23(21(24)27)13-18(25)22-15-8-3-2-4-9-15/h2-12H,13H2,1H3,(H,22,25). The number of amides is 1. The summed E-state index contributed by atoms with van der Waals surface area (Å²) in [5, 5.41) is 4.53. The third-order valence-electron chi connectivity index (χ3n) is 4.47. The zero-order valence-electron chi connectivity index (χ0n) is 15.1. The molecular formula is C21H17N3O3S. The Morgan fingerprint density at radius 3 is 2.46 bits per heavy atom. The fraction of sp³-hybridized carbons (Fsp3) is 0.0952. The van der Waals surface area contributed by atoms with E-state index in [9.17, 15) is 14.4 Å². The number of thiophene rings is 1. The highest BCUT2D eigenvalue weighted by atomic mass is 32.1. The molecule has 2 aromatic heterocycles. The molecule has 0 unspecified atom stereocenters. The number of nitrogens with zero attached hydrogens (tertiary/aromatic N) is 2. The molecule has 2 heterocycles. The van der Waals surface area contributed by atoms with Crippen LogP contribution in [0, 0.1) is 6.92 Å². The minimum Gasteiger partial charge on any atom is -0.325 e. The molecule has 4 rings (SSSR count). The monoisotopic (exact) mass is 391 g/mol. The van der Waals surface area contributed by atoms with Gasteiger partial charge < -0.3 is 5.32 Å². The number of hydrogen-bond donors (Lipinski definition) is 1. The predicted molar refractivity (Wildman–Crippen MR) is 111 cm³/mol. The summed E-state index contributed by atoms with van der Waals surface area (Å²) < 4.78 is 2.93. The van der Waals surface area contributed by atoms with Gasteiger partial charge in [0.25, 0.3) is 5.56 Å². The van der Waals surface area contributed by atoms with E-state index in [4.69, 9.17) is 0 Å². The highest BCUT2D eigenvalue weighted by molar-refractivity contribution is 7.17. The number of aromatic nitrogens is 2. The van der Waals surface area contributed by atoms with Gasteiger partial charge in [-0.05, 0) is 42.1 Å². The molecular weight excluding hydrogens is 374 g/mol. The Labute approximate surface area is 164 Å². The number of rotatable bonds is 4. The molecule has 2 aromatic carbocycles. The molecule has 0 atom stereocenters. The van der Waals surface area contributed by atoms with Gasteiger partial charge in [-0.25, -0.2) is 9.36 Å². The van der Waals surface area contributed by atoms with Crippen molar-refractivity contribution in [3.8, 4) is 5.69 Å². The molecule has 6 nitrogen and oxygen atoms in total. The molecule has 0 aliphatic heterocycles. The van der Waals surface area contributed by atoms with E-state index in [2.05, 4.69) is 5.32 Å². The Kier molecular flexibility index (Phi) is 4.67. The maximum Gasteiger partial charge on any atom is 0.336 e.